The van der Waals surface area contributed by atoms with Crippen LogP contribution in [0, 0.1) is 0 Å². The van der Waals surface area contributed by atoms with Gasteiger partial charge in [-0.3, -0.25) is 9.59 Å². The number of amides is 4. The smallest absolute Gasteiger partial charge is 0.307 e. The Morgan fingerprint density at radius 1 is 0.944 bits per heavy atom. The van der Waals surface area contributed by atoms with Gasteiger partial charge in [0, 0.05) is 0 Å². The zero-order valence-electron chi connectivity index (χ0n) is 9.21. The Balaban J connectivity index is 0.000000230. The van der Waals surface area contributed by atoms with E-state index in [2.05, 4.69) is 10.2 Å². The average molecular weight is 283 g/mol. The molecule has 1 aliphatic heterocycles. The van der Waals surface area contributed by atoms with Gasteiger partial charge in [-0.05, 0) is 5.69 Å². The van der Waals surface area contributed by atoms with Crippen molar-refractivity contribution >= 4 is 17.7 Å². The van der Waals surface area contributed by atoms with Crippen molar-refractivity contribution in [3.05, 3.63) is 54.6 Å². The number of hydrogen-bond acceptors (Lipinski definition) is 2. The largest absolute Gasteiger partial charge is 2.00 e. The predicted octanol–water partition coefficient (Wildman–Crippen LogP) is 3.32. The van der Waals surface area contributed by atoms with Gasteiger partial charge in [0.15, 0.2) is 0 Å². The van der Waals surface area contributed by atoms with Crippen molar-refractivity contribution in [1.29, 1.82) is 0 Å². The van der Waals surface area contributed by atoms with E-state index in [1.807, 2.05) is 30.3 Å². The number of imide groups is 1. The monoisotopic (exact) mass is 283 g/mol. The second-order valence-electron chi connectivity index (χ2n) is 3.21. The van der Waals surface area contributed by atoms with Gasteiger partial charge in [0.05, 0.1) is 0 Å². The van der Waals surface area contributed by atoms with E-state index in [1.165, 1.54) is 0 Å². The van der Waals surface area contributed by atoms with Crippen LogP contribution in [0.5, 0.6) is 0 Å². The number of urea groups is 2. The molecule has 0 bridgehead atoms. The van der Waals surface area contributed by atoms with E-state index in [0.29, 0.717) is 5.69 Å². The molecule has 0 aromatic heterocycles. The molecule has 0 spiro atoms. The fourth-order valence-corrected chi connectivity index (χ4v) is 1.31. The molecule has 4 amide bonds. The van der Waals surface area contributed by atoms with Crippen LogP contribution in [0.4, 0.5) is 15.3 Å². The molecule has 1 aliphatic rings. The standard InChI is InChI=1S/C7H4N3O2.C5H5.Fe/c11-6-8-9-7(12)10(6)5-3-1-2-4-5;1-2-4-5-3-1;/h1-4H;1-5H;/q2*-1;+2. The van der Waals surface area contributed by atoms with E-state index in [1.54, 1.807) is 24.3 Å². The number of carbonyl (C=O) groups excluding carboxylic acids is 2. The van der Waals surface area contributed by atoms with Gasteiger partial charge in [-0.15, -0.1) is 22.4 Å². The molecule has 0 saturated carbocycles. The first-order valence-electron chi connectivity index (χ1n) is 4.97. The van der Waals surface area contributed by atoms with Gasteiger partial charge in [0.1, 0.15) is 0 Å². The van der Waals surface area contributed by atoms with Gasteiger partial charge in [-0.25, -0.2) is 12.1 Å². The van der Waals surface area contributed by atoms with Crippen LogP contribution in [-0.4, -0.2) is 12.1 Å². The van der Waals surface area contributed by atoms with Gasteiger partial charge in [0.25, 0.3) is 0 Å². The van der Waals surface area contributed by atoms with Gasteiger partial charge in [-0.1, -0.05) is 0 Å². The second kappa shape index (κ2) is 6.64. The number of azo groups is 1. The summed E-state index contributed by atoms with van der Waals surface area (Å²) in [6, 6.07) is 15.5. The van der Waals surface area contributed by atoms with Crippen LogP contribution in [-0.2, 0) is 17.1 Å². The SMILES string of the molecule is O=C1N=NC(=O)N1[c-]1cccc1.[Fe+2].c1cc[cH-]c1. The third kappa shape index (κ3) is 3.23. The molecular weight excluding hydrogens is 274 g/mol. The minimum Gasteiger partial charge on any atom is -0.307 e. The maximum atomic E-state index is 10.9. The summed E-state index contributed by atoms with van der Waals surface area (Å²) in [4.78, 5) is 22.8. The van der Waals surface area contributed by atoms with Crippen LogP contribution in [0.25, 0.3) is 0 Å². The Morgan fingerprint density at radius 2 is 1.44 bits per heavy atom. The van der Waals surface area contributed by atoms with Crippen molar-refractivity contribution in [2.24, 2.45) is 10.2 Å². The maximum Gasteiger partial charge on any atom is 2.00 e. The molecule has 6 heteroatoms. The van der Waals surface area contributed by atoms with Crippen molar-refractivity contribution < 1.29 is 26.7 Å². The average Bonchev–Trinajstić information content (AvgIpc) is 3.02. The quantitative estimate of drug-likeness (QED) is 0.595. The molecule has 0 N–H and O–H groups in total. The topological polar surface area (TPSA) is 62.1 Å². The summed E-state index contributed by atoms with van der Waals surface area (Å²) in [5.74, 6) is 0. The van der Waals surface area contributed by atoms with Crippen molar-refractivity contribution in [2.75, 3.05) is 4.90 Å². The fraction of sp³-hybridized carbons (Fsp3) is 0. The summed E-state index contributed by atoms with van der Waals surface area (Å²) < 4.78 is 0. The van der Waals surface area contributed by atoms with E-state index in [-0.39, 0.29) is 17.1 Å². The number of rotatable bonds is 1. The first kappa shape index (κ1) is 14.0. The summed E-state index contributed by atoms with van der Waals surface area (Å²) in [5.41, 5.74) is 0.509. The molecule has 92 valence electrons. The van der Waals surface area contributed by atoms with Gasteiger partial charge < -0.3 is 4.90 Å². The minimum absolute atomic E-state index is 0. The Kier molecular flexibility index (Phi) is 5.17. The first-order valence-corrected chi connectivity index (χ1v) is 4.97. The van der Waals surface area contributed by atoms with Crippen molar-refractivity contribution in [3.63, 3.8) is 0 Å². The van der Waals surface area contributed by atoms with E-state index >= 15 is 0 Å². The zero-order chi connectivity index (χ0) is 12.1. The first-order chi connectivity index (χ1) is 8.29. The van der Waals surface area contributed by atoms with Crippen LogP contribution in [0.15, 0.2) is 64.8 Å². The molecule has 0 saturated heterocycles. The van der Waals surface area contributed by atoms with Crippen molar-refractivity contribution in [2.45, 2.75) is 0 Å². The predicted molar refractivity (Wildman–Crippen MR) is 62.2 cm³/mol. The van der Waals surface area contributed by atoms with Gasteiger partial charge >= 0.3 is 29.1 Å². The Hall–Kier alpha value is -2.04. The van der Waals surface area contributed by atoms with E-state index in [9.17, 15) is 9.59 Å². The van der Waals surface area contributed by atoms with Crippen molar-refractivity contribution in [1.82, 2.24) is 0 Å². The number of carbonyl (C=O) groups is 2. The third-order valence-corrected chi connectivity index (χ3v) is 2.06. The molecule has 0 radical (unpaired) electrons. The molecule has 3 rings (SSSR count). The number of hydrogen-bond donors (Lipinski definition) is 0. The molecule has 2 aromatic carbocycles. The maximum absolute atomic E-state index is 10.9. The van der Waals surface area contributed by atoms with Crippen LogP contribution in [0.1, 0.15) is 0 Å². The molecule has 18 heavy (non-hydrogen) atoms. The molecule has 2 aromatic rings. The summed E-state index contributed by atoms with van der Waals surface area (Å²) in [5, 5.41) is 6.23. The molecule has 5 nitrogen and oxygen atoms in total. The number of anilines is 1. The number of nitrogens with zero attached hydrogens (tertiary/aromatic N) is 3. The molecule has 0 atom stereocenters. The Morgan fingerprint density at radius 3 is 1.83 bits per heavy atom. The molecular formula is C12H9FeN3O2. The van der Waals surface area contributed by atoms with Crippen LogP contribution >= 0.6 is 0 Å². The second-order valence-corrected chi connectivity index (χ2v) is 3.21. The molecule has 1 heterocycles. The van der Waals surface area contributed by atoms with Gasteiger partial charge in [-0.2, -0.15) is 30.3 Å². The van der Waals surface area contributed by atoms with Crippen LogP contribution in [0.2, 0.25) is 0 Å². The van der Waals surface area contributed by atoms with E-state index < -0.39 is 12.1 Å². The van der Waals surface area contributed by atoms with E-state index in [0.717, 1.165) is 4.90 Å². The summed E-state index contributed by atoms with van der Waals surface area (Å²) in [6.07, 6.45) is 0. The van der Waals surface area contributed by atoms with Crippen LogP contribution < -0.4 is 4.90 Å². The summed E-state index contributed by atoms with van der Waals surface area (Å²) in [6.45, 7) is 0. The van der Waals surface area contributed by atoms with Crippen LogP contribution in [0.3, 0.4) is 0 Å². The van der Waals surface area contributed by atoms with Crippen molar-refractivity contribution in [3.8, 4) is 0 Å². The zero-order valence-corrected chi connectivity index (χ0v) is 10.3. The van der Waals surface area contributed by atoms with E-state index in [4.69, 9.17) is 0 Å². The fourth-order valence-electron chi connectivity index (χ4n) is 1.31. The minimum atomic E-state index is -0.633. The summed E-state index contributed by atoms with van der Waals surface area (Å²) >= 11 is 0. The molecule has 0 aliphatic carbocycles. The third-order valence-electron chi connectivity index (χ3n) is 2.06. The Bertz CT molecular complexity index is 482. The Labute approximate surface area is 114 Å². The molecule has 0 unspecified atom stereocenters. The normalized spacial score (nSPS) is 13.0. The summed E-state index contributed by atoms with van der Waals surface area (Å²) in [7, 11) is 0. The van der Waals surface area contributed by atoms with Gasteiger partial charge in [0.2, 0.25) is 0 Å². The molecule has 0 fully saturated rings.